The third-order valence-corrected chi connectivity index (χ3v) is 5.83. The standard InChI is InChI=1S/C23H25N5O4S/c1-4-10-32-17-12-14(11-16(13-17)24-20(29)15-7-8-15)6-5-9-28-19-18(26(2)22(33)25-19)21(30)27(3)23(28)31/h11-13,15H,4,7-10H2,1-3H3,(H,24,29)(H,25,33). The lowest BCUT2D eigenvalue weighted by atomic mass is 10.2. The topological polar surface area (TPSA) is 103 Å². The summed E-state index contributed by atoms with van der Waals surface area (Å²) in [6.07, 6.45) is 2.68. The zero-order valence-corrected chi connectivity index (χ0v) is 19.5. The van der Waals surface area contributed by atoms with Crippen LogP contribution < -0.4 is 21.3 Å². The number of carbonyl (C=O) groups is 1. The van der Waals surface area contributed by atoms with E-state index in [9.17, 15) is 14.4 Å². The maximum Gasteiger partial charge on any atom is 0.333 e. The number of ether oxygens (including phenoxy) is 1. The predicted molar refractivity (Wildman–Crippen MR) is 128 cm³/mol. The molecule has 10 heteroatoms. The highest BCUT2D eigenvalue weighted by Crippen LogP contribution is 2.31. The van der Waals surface area contributed by atoms with E-state index in [0.29, 0.717) is 39.5 Å². The first-order chi connectivity index (χ1) is 15.8. The molecule has 9 nitrogen and oxygen atoms in total. The largest absolute Gasteiger partial charge is 0.493 e. The molecule has 2 aromatic heterocycles. The van der Waals surface area contributed by atoms with Crippen molar-refractivity contribution < 1.29 is 9.53 Å². The van der Waals surface area contributed by atoms with Gasteiger partial charge in [-0.25, -0.2) is 4.79 Å². The van der Waals surface area contributed by atoms with Gasteiger partial charge in [0.25, 0.3) is 5.56 Å². The average Bonchev–Trinajstić information content (AvgIpc) is 3.59. The van der Waals surface area contributed by atoms with Crippen molar-refractivity contribution in [1.82, 2.24) is 18.7 Å². The lowest BCUT2D eigenvalue weighted by Gasteiger charge is -2.10. The molecule has 0 saturated heterocycles. The fraction of sp³-hybridized carbons (Fsp3) is 0.391. The number of rotatable bonds is 6. The van der Waals surface area contributed by atoms with E-state index in [4.69, 9.17) is 17.0 Å². The molecular formula is C23H25N5O4S. The summed E-state index contributed by atoms with van der Waals surface area (Å²) in [7, 11) is 3.09. The summed E-state index contributed by atoms with van der Waals surface area (Å²) in [6.45, 7) is 2.61. The summed E-state index contributed by atoms with van der Waals surface area (Å²) in [5.74, 6) is 6.73. The van der Waals surface area contributed by atoms with E-state index in [1.54, 1.807) is 29.8 Å². The lowest BCUT2D eigenvalue weighted by molar-refractivity contribution is -0.117. The number of benzene rings is 1. The molecule has 0 atom stereocenters. The van der Waals surface area contributed by atoms with E-state index in [0.717, 1.165) is 23.8 Å². The Labute approximate surface area is 195 Å². The molecule has 4 rings (SSSR count). The van der Waals surface area contributed by atoms with Gasteiger partial charge in [0.2, 0.25) is 5.91 Å². The smallest absolute Gasteiger partial charge is 0.333 e. The van der Waals surface area contributed by atoms with Gasteiger partial charge in [0.1, 0.15) is 11.4 Å². The summed E-state index contributed by atoms with van der Waals surface area (Å²) in [6, 6.07) is 5.36. The first-order valence-corrected chi connectivity index (χ1v) is 11.2. The van der Waals surface area contributed by atoms with E-state index in [1.165, 1.54) is 11.6 Å². The number of H-pyrrole nitrogens is 1. The van der Waals surface area contributed by atoms with Crippen molar-refractivity contribution in [2.24, 2.45) is 20.0 Å². The Bertz CT molecular complexity index is 1480. The van der Waals surface area contributed by atoms with Crippen LogP contribution in [-0.4, -0.2) is 31.2 Å². The van der Waals surface area contributed by atoms with Crippen LogP contribution in [0.25, 0.3) is 11.2 Å². The molecule has 1 saturated carbocycles. The SMILES string of the molecule is CCCOc1cc(C#CCn2c(=O)n(C)c(=O)c3c2[nH]c(=S)n3C)cc(NC(=O)C2CC2)c1. The third-order valence-electron chi connectivity index (χ3n) is 5.45. The van der Waals surface area contributed by atoms with Gasteiger partial charge in [-0.05, 0) is 43.6 Å². The van der Waals surface area contributed by atoms with E-state index in [1.807, 2.05) is 6.92 Å². The van der Waals surface area contributed by atoms with Crippen LogP contribution in [0, 0.1) is 22.5 Å². The summed E-state index contributed by atoms with van der Waals surface area (Å²) in [5, 5.41) is 2.93. The second-order valence-electron chi connectivity index (χ2n) is 8.08. The Morgan fingerprint density at radius 3 is 2.70 bits per heavy atom. The number of hydrogen-bond donors (Lipinski definition) is 2. The Morgan fingerprint density at radius 1 is 1.24 bits per heavy atom. The molecule has 1 fully saturated rings. The van der Waals surface area contributed by atoms with Gasteiger partial charge in [-0.2, -0.15) is 0 Å². The minimum Gasteiger partial charge on any atom is -0.493 e. The second-order valence-corrected chi connectivity index (χ2v) is 8.47. The molecule has 2 N–H and O–H groups in total. The number of aromatic nitrogens is 4. The Kier molecular flexibility index (Phi) is 6.24. The normalized spacial score (nSPS) is 12.9. The van der Waals surface area contributed by atoms with Crippen molar-refractivity contribution in [3.63, 3.8) is 0 Å². The molecule has 1 aliphatic rings. The molecule has 3 aromatic rings. The fourth-order valence-corrected chi connectivity index (χ4v) is 3.66. The predicted octanol–water partition coefficient (Wildman–Crippen LogP) is 2.29. The van der Waals surface area contributed by atoms with Crippen LogP contribution in [0.5, 0.6) is 5.75 Å². The maximum absolute atomic E-state index is 12.7. The summed E-state index contributed by atoms with van der Waals surface area (Å²) in [4.78, 5) is 40.3. The first-order valence-electron chi connectivity index (χ1n) is 10.8. The van der Waals surface area contributed by atoms with Crippen LogP contribution in [0.3, 0.4) is 0 Å². The van der Waals surface area contributed by atoms with Crippen molar-refractivity contribution in [3.8, 4) is 17.6 Å². The maximum atomic E-state index is 12.7. The molecule has 1 aliphatic carbocycles. The van der Waals surface area contributed by atoms with Crippen LogP contribution >= 0.6 is 12.2 Å². The number of nitrogens with zero attached hydrogens (tertiary/aromatic N) is 3. The van der Waals surface area contributed by atoms with Gasteiger partial charge in [-0.15, -0.1) is 0 Å². The number of amides is 1. The number of imidazole rings is 1. The molecule has 0 aliphatic heterocycles. The quantitative estimate of drug-likeness (QED) is 0.428. The zero-order chi connectivity index (χ0) is 23.7. The van der Waals surface area contributed by atoms with Gasteiger partial charge < -0.3 is 19.6 Å². The summed E-state index contributed by atoms with van der Waals surface area (Å²) >= 11 is 5.23. The van der Waals surface area contributed by atoms with Crippen molar-refractivity contribution in [2.75, 3.05) is 11.9 Å². The number of carbonyl (C=O) groups excluding carboxylic acids is 1. The molecule has 2 heterocycles. The highest BCUT2D eigenvalue weighted by Gasteiger charge is 2.29. The van der Waals surface area contributed by atoms with Gasteiger partial charge >= 0.3 is 5.69 Å². The van der Waals surface area contributed by atoms with E-state index in [-0.39, 0.29) is 18.4 Å². The molecule has 1 amide bonds. The average molecular weight is 468 g/mol. The summed E-state index contributed by atoms with van der Waals surface area (Å²) in [5.41, 5.74) is 0.997. The molecule has 1 aromatic carbocycles. The number of anilines is 1. The highest BCUT2D eigenvalue weighted by atomic mass is 32.1. The van der Waals surface area contributed by atoms with Crippen LogP contribution in [0.2, 0.25) is 0 Å². The van der Waals surface area contributed by atoms with Crippen molar-refractivity contribution in [3.05, 3.63) is 49.4 Å². The van der Waals surface area contributed by atoms with Crippen LogP contribution in [0.15, 0.2) is 27.8 Å². The Balaban J connectivity index is 1.68. The lowest BCUT2D eigenvalue weighted by Crippen LogP contribution is -2.38. The van der Waals surface area contributed by atoms with Crippen molar-refractivity contribution in [1.29, 1.82) is 0 Å². The first kappa shape index (κ1) is 22.6. The van der Waals surface area contributed by atoms with Crippen molar-refractivity contribution in [2.45, 2.75) is 32.7 Å². The Hall–Kier alpha value is -3.58. The van der Waals surface area contributed by atoms with Gasteiger partial charge in [0, 0.05) is 37.3 Å². The van der Waals surface area contributed by atoms with Crippen molar-refractivity contribution >= 4 is 35.0 Å². The monoisotopic (exact) mass is 467 g/mol. The Morgan fingerprint density at radius 2 is 2.00 bits per heavy atom. The van der Waals surface area contributed by atoms with E-state index < -0.39 is 11.2 Å². The number of nitrogens with one attached hydrogen (secondary N) is 2. The number of fused-ring (bicyclic) bond motifs is 1. The van der Waals surface area contributed by atoms with Gasteiger partial charge in [-0.3, -0.25) is 18.7 Å². The van der Waals surface area contributed by atoms with Gasteiger partial charge in [-0.1, -0.05) is 18.8 Å². The minimum absolute atomic E-state index is 0.0000293. The summed E-state index contributed by atoms with van der Waals surface area (Å²) < 4.78 is 10.0. The fourth-order valence-electron chi connectivity index (χ4n) is 3.47. The third kappa shape index (κ3) is 4.64. The number of aryl methyl sites for hydroxylation is 1. The van der Waals surface area contributed by atoms with Gasteiger partial charge in [0.05, 0.1) is 13.2 Å². The molecule has 172 valence electrons. The van der Waals surface area contributed by atoms with Crippen LogP contribution in [0.4, 0.5) is 5.69 Å². The second kappa shape index (κ2) is 9.11. The van der Waals surface area contributed by atoms with Gasteiger partial charge in [0.15, 0.2) is 10.3 Å². The number of hydrogen-bond acceptors (Lipinski definition) is 5. The van der Waals surface area contributed by atoms with Crippen LogP contribution in [0.1, 0.15) is 31.7 Å². The zero-order valence-electron chi connectivity index (χ0n) is 18.7. The van der Waals surface area contributed by atoms with E-state index in [2.05, 4.69) is 22.1 Å². The molecule has 0 radical (unpaired) electrons. The molecule has 33 heavy (non-hydrogen) atoms. The van der Waals surface area contributed by atoms with E-state index >= 15 is 0 Å². The molecule has 0 bridgehead atoms. The molecular weight excluding hydrogens is 442 g/mol. The molecule has 0 spiro atoms. The minimum atomic E-state index is -0.490. The molecule has 0 unspecified atom stereocenters. The number of aromatic amines is 1. The highest BCUT2D eigenvalue weighted by molar-refractivity contribution is 7.71. The van der Waals surface area contributed by atoms with Crippen LogP contribution in [-0.2, 0) is 25.4 Å².